The van der Waals surface area contributed by atoms with Crippen LogP contribution in [0.3, 0.4) is 0 Å². The Balaban J connectivity index is 1.28. The van der Waals surface area contributed by atoms with E-state index in [1.165, 1.54) is 12.1 Å². The van der Waals surface area contributed by atoms with E-state index in [1.807, 2.05) is 24.4 Å². The van der Waals surface area contributed by atoms with Crippen LogP contribution in [0.2, 0.25) is 0 Å². The normalized spacial score (nSPS) is 19.3. The summed E-state index contributed by atoms with van der Waals surface area (Å²) in [5, 5.41) is 5.00. The van der Waals surface area contributed by atoms with Gasteiger partial charge >= 0.3 is 0 Å². The van der Waals surface area contributed by atoms with Crippen LogP contribution in [0.4, 0.5) is 10.1 Å². The van der Waals surface area contributed by atoms with Crippen molar-refractivity contribution in [2.24, 2.45) is 5.92 Å². The Morgan fingerprint density at radius 3 is 2.57 bits per heavy atom. The summed E-state index contributed by atoms with van der Waals surface area (Å²) < 4.78 is 19.2. The maximum absolute atomic E-state index is 12.9. The minimum absolute atomic E-state index is 0.0192. The van der Waals surface area contributed by atoms with Crippen LogP contribution < -0.4 is 10.1 Å². The molecule has 144 valence electrons. The lowest BCUT2D eigenvalue weighted by molar-refractivity contribution is -0.117. The van der Waals surface area contributed by atoms with Gasteiger partial charge in [0.05, 0.1) is 12.3 Å². The van der Waals surface area contributed by atoms with E-state index in [1.54, 1.807) is 18.3 Å². The Morgan fingerprint density at radius 2 is 1.79 bits per heavy atom. The molecule has 1 amide bonds. The quantitative estimate of drug-likeness (QED) is 0.652. The summed E-state index contributed by atoms with van der Waals surface area (Å²) in [4.78, 5) is 16.5. The molecule has 3 aromatic rings. The van der Waals surface area contributed by atoms with E-state index >= 15 is 0 Å². The summed E-state index contributed by atoms with van der Waals surface area (Å²) in [6.45, 7) is 0. The number of aromatic nitrogens is 1. The molecule has 4 nitrogen and oxygen atoms in total. The maximum Gasteiger partial charge on any atom is 0.224 e. The molecule has 0 bridgehead atoms. The van der Waals surface area contributed by atoms with Gasteiger partial charge in [0, 0.05) is 29.1 Å². The first kappa shape index (κ1) is 18.4. The number of hydrogen-bond acceptors (Lipinski definition) is 3. The number of hydrogen-bond donors (Lipinski definition) is 1. The van der Waals surface area contributed by atoms with Crippen molar-refractivity contribution in [3.63, 3.8) is 0 Å². The summed E-state index contributed by atoms with van der Waals surface area (Å²) >= 11 is 0. The van der Waals surface area contributed by atoms with E-state index in [-0.39, 0.29) is 17.8 Å². The van der Waals surface area contributed by atoms with Gasteiger partial charge in [-0.15, -0.1) is 0 Å². The Hall–Kier alpha value is -2.95. The Bertz CT molecular complexity index is 945. The number of halogens is 1. The molecule has 1 aromatic heterocycles. The van der Waals surface area contributed by atoms with Crippen molar-refractivity contribution in [2.75, 3.05) is 5.32 Å². The second kappa shape index (κ2) is 8.38. The van der Waals surface area contributed by atoms with Gasteiger partial charge in [-0.05, 0) is 55.9 Å². The van der Waals surface area contributed by atoms with Gasteiger partial charge in [-0.3, -0.25) is 9.78 Å². The van der Waals surface area contributed by atoms with E-state index in [2.05, 4.69) is 16.4 Å². The molecule has 0 aliphatic heterocycles. The van der Waals surface area contributed by atoms with Gasteiger partial charge in [-0.25, -0.2) is 4.39 Å². The fraction of sp³-hybridized carbons (Fsp3) is 0.304. The zero-order valence-corrected chi connectivity index (χ0v) is 15.6. The molecule has 1 N–H and O–H groups in total. The number of nitrogens with zero attached hydrogens (tertiary/aromatic N) is 1. The third-order valence-electron chi connectivity index (χ3n) is 5.32. The van der Waals surface area contributed by atoms with Crippen LogP contribution in [-0.4, -0.2) is 17.0 Å². The second-order valence-corrected chi connectivity index (χ2v) is 7.38. The molecule has 1 aliphatic rings. The molecule has 1 saturated carbocycles. The lowest BCUT2D eigenvalue weighted by Gasteiger charge is -2.29. The molecule has 2 aromatic carbocycles. The van der Waals surface area contributed by atoms with Gasteiger partial charge in [0.25, 0.3) is 0 Å². The lowest BCUT2D eigenvalue weighted by atomic mass is 9.85. The number of benzene rings is 2. The smallest absolute Gasteiger partial charge is 0.224 e. The first-order chi connectivity index (χ1) is 13.7. The van der Waals surface area contributed by atoms with Gasteiger partial charge in [-0.2, -0.15) is 0 Å². The summed E-state index contributed by atoms with van der Waals surface area (Å²) in [5.74, 6) is 0.855. The Morgan fingerprint density at radius 1 is 1.04 bits per heavy atom. The van der Waals surface area contributed by atoms with E-state index < -0.39 is 0 Å². The number of nitrogens with one attached hydrogen (secondary N) is 1. The molecular weight excluding hydrogens is 355 g/mol. The van der Waals surface area contributed by atoms with Crippen LogP contribution in [0.5, 0.6) is 5.75 Å². The first-order valence-electron chi connectivity index (χ1n) is 9.72. The molecule has 0 atom stereocenters. The van der Waals surface area contributed by atoms with Gasteiger partial charge in [0.15, 0.2) is 0 Å². The van der Waals surface area contributed by atoms with E-state index in [9.17, 15) is 9.18 Å². The number of anilines is 1. The highest BCUT2D eigenvalue weighted by molar-refractivity contribution is 5.90. The third kappa shape index (κ3) is 4.47. The van der Waals surface area contributed by atoms with Crippen molar-refractivity contribution in [1.82, 2.24) is 4.98 Å². The number of carbonyl (C=O) groups is 1. The fourth-order valence-electron chi connectivity index (χ4n) is 3.82. The Kier molecular flexibility index (Phi) is 5.51. The van der Waals surface area contributed by atoms with E-state index in [4.69, 9.17) is 4.74 Å². The second-order valence-electron chi connectivity index (χ2n) is 7.38. The predicted molar refractivity (Wildman–Crippen MR) is 108 cm³/mol. The van der Waals surface area contributed by atoms with Crippen LogP contribution in [0.15, 0.2) is 60.9 Å². The maximum atomic E-state index is 12.9. The standard InChI is InChI=1S/C23H23FN2O2/c24-18-7-9-19(10-8-18)26-23(27)13-16-5-11-20(12-6-16)28-22-15-25-14-17-3-1-2-4-21(17)22/h1-4,7-10,14-16,20H,5-6,11-13H2,(H,26,27). The lowest BCUT2D eigenvalue weighted by Crippen LogP contribution is -2.26. The molecule has 0 radical (unpaired) electrons. The molecular formula is C23H23FN2O2. The summed E-state index contributed by atoms with van der Waals surface area (Å²) in [6.07, 6.45) is 8.04. The molecule has 5 heteroatoms. The van der Waals surface area contributed by atoms with Crippen molar-refractivity contribution in [3.05, 3.63) is 66.7 Å². The highest BCUT2D eigenvalue weighted by Crippen LogP contribution is 2.32. The number of pyridine rings is 1. The third-order valence-corrected chi connectivity index (χ3v) is 5.32. The fourth-order valence-corrected chi connectivity index (χ4v) is 3.82. The number of rotatable bonds is 5. The minimum atomic E-state index is -0.308. The predicted octanol–water partition coefficient (Wildman–Crippen LogP) is 5.34. The van der Waals surface area contributed by atoms with Gasteiger partial charge in [0.2, 0.25) is 5.91 Å². The molecule has 4 rings (SSSR count). The van der Waals surface area contributed by atoms with Gasteiger partial charge in [0.1, 0.15) is 11.6 Å². The summed E-state index contributed by atoms with van der Waals surface area (Å²) in [6, 6.07) is 13.9. The molecule has 1 heterocycles. The van der Waals surface area contributed by atoms with Crippen molar-refractivity contribution in [1.29, 1.82) is 0 Å². The van der Waals surface area contributed by atoms with Crippen LogP contribution >= 0.6 is 0 Å². The number of ether oxygens (including phenoxy) is 1. The van der Waals surface area contributed by atoms with Gasteiger partial charge in [-0.1, -0.05) is 24.3 Å². The van der Waals surface area contributed by atoms with E-state index in [0.29, 0.717) is 18.0 Å². The van der Waals surface area contributed by atoms with Crippen molar-refractivity contribution >= 4 is 22.4 Å². The van der Waals surface area contributed by atoms with Crippen LogP contribution in [-0.2, 0) is 4.79 Å². The van der Waals surface area contributed by atoms with Crippen LogP contribution in [0.1, 0.15) is 32.1 Å². The number of amides is 1. The molecule has 1 aliphatic carbocycles. The molecule has 0 unspecified atom stereocenters. The average Bonchev–Trinajstić information content (AvgIpc) is 2.71. The van der Waals surface area contributed by atoms with E-state index in [0.717, 1.165) is 42.2 Å². The largest absolute Gasteiger partial charge is 0.488 e. The summed E-state index contributed by atoms with van der Waals surface area (Å²) in [5.41, 5.74) is 0.631. The topological polar surface area (TPSA) is 51.2 Å². The van der Waals surface area contributed by atoms with Crippen molar-refractivity contribution < 1.29 is 13.9 Å². The highest BCUT2D eigenvalue weighted by Gasteiger charge is 2.24. The van der Waals surface area contributed by atoms with Crippen molar-refractivity contribution in [3.8, 4) is 5.75 Å². The van der Waals surface area contributed by atoms with Gasteiger partial charge < -0.3 is 10.1 Å². The highest BCUT2D eigenvalue weighted by atomic mass is 19.1. The monoisotopic (exact) mass is 378 g/mol. The molecule has 0 spiro atoms. The van der Waals surface area contributed by atoms with Crippen molar-refractivity contribution in [2.45, 2.75) is 38.2 Å². The zero-order chi connectivity index (χ0) is 19.3. The number of carbonyl (C=O) groups excluding carboxylic acids is 1. The SMILES string of the molecule is O=C(CC1CCC(Oc2cncc3ccccc23)CC1)Nc1ccc(F)cc1. The van der Waals surface area contributed by atoms with Crippen LogP contribution in [0, 0.1) is 11.7 Å². The number of fused-ring (bicyclic) bond motifs is 1. The summed E-state index contributed by atoms with van der Waals surface area (Å²) in [7, 11) is 0. The first-order valence-corrected chi connectivity index (χ1v) is 9.72. The average molecular weight is 378 g/mol. The Labute approximate surface area is 163 Å². The zero-order valence-electron chi connectivity index (χ0n) is 15.6. The minimum Gasteiger partial charge on any atom is -0.488 e. The molecule has 0 saturated heterocycles. The van der Waals surface area contributed by atoms with Crippen LogP contribution in [0.25, 0.3) is 10.8 Å². The molecule has 28 heavy (non-hydrogen) atoms. The molecule has 1 fully saturated rings.